The molecule has 1 saturated carbocycles. The van der Waals surface area contributed by atoms with E-state index in [1.165, 1.54) is 17.7 Å². The van der Waals surface area contributed by atoms with Gasteiger partial charge in [-0.2, -0.15) is 0 Å². The molecule has 108 valence electrons. The molecule has 0 heterocycles. The van der Waals surface area contributed by atoms with Gasteiger partial charge in [-0.25, -0.2) is 4.39 Å². The van der Waals surface area contributed by atoms with Crippen LogP contribution in [0.15, 0.2) is 53.0 Å². The molecule has 21 heavy (non-hydrogen) atoms. The monoisotopic (exact) mass is 347 g/mol. The summed E-state index contributed by atoms with van der Waals surface area (Å²) in [6.07, 6.45) is 1.28. The van der Waals surface area contributed by atoms with Crippen molar-refractivity contribution in [3.05, 3.63) is 69.9 Å². The molecule has 1 aliphatic rings. The van der Waals surface area contributed by atoms with Crippen LogP contribution >= 0.6 is 15.9 Å². The van der Waals surface area contributed by atoms with Crippen LogP contribution in [0.2, 0.25) is 0 Å². The van der Waals surface area contributed by atoms with Crippen LogP contribution in [0.25, 0.3) is 0 Å². The molecule has 1 N–H and O–H groups in total. The fraction of sp³-hybridized carbons (Fsp3) is 0.235. The number of nitrogens with one attached hydrogen (secondary N) is 1. The Morgan fingerprint density at radius 2 is 1.81 bits per heavy atom. The maximum Gasteiger partial charge on any atom is 0.224 e. The highest BCUT2D eigenvalue weighted by atomic mass is 79.9. The fourth-order valence-electron chi connectivity index (χ4n) is 2.48. The first-order chi connectivity index (χ1) is 10.1. The molecule has 4 heteroatoms. The van der Waals surface area contributed by atoms with E-state index in [0.717, 1.165) is 16.5 Å². The van der Waals surface area contributed by atoms with Gasteiger partial charge >= 0.3 is 0 Å². The molecule has 2 aromatic rings. The van der Waals surface area contributed by atoms with Crippen LogP contribution in [-0.2, 0) is 11.2 Å². The lowest BCUT2D eigenvalue weighted by Crippen LogP contribution is -2.28. The molecule has 2 atom stereocenters. The van der Waals surface area contributed by atoms with Gasteiger partial charge in [-0.05, 0) is 41.8 Å². The number of hydrogen-bond donors (Lipinski definition) is 1. The van der Waals surface area contributed by atoms with Crippen LogP contribution in [0.5, 0.6) is 0 Å². The minimum atomic E-state index is -0.281. The second-order valence-corrected chi connectivity index (χ2v) is 6.29. The van der Waals surface area contributed by atoms with E-state index in [2.05, 4.69) is 33.4 Å². The van der Waals surface area contributed by atoms with Gasteiger partial charge in [0.1, 0.15) is 5.82 Å². The molecule has 0 saturated heterocycles. The van der Waals surface area contributed by atoms with Gasteiger partial charge < -0.3 is 5.32 Å². The molecule has 1 fully saturated rings. The minimum Gasteiger partial charge on any atom is -0.352 e. The number of halogens is 2. The van der Waals surface area contributed by atoms with E-state index in [0.29, 0.717) is 12.3 Å². The van der Waals surface area contributed by atoms with Gasteiger partial charge in [0.25, 0.3) is 0 Å². The van der Waals surface area contributed by atoms with E-state index in [1.807, 2.05) is 12.1 Å². The molecule has 0 aromatic heterocycles. The van der Waals surface area contributed by atoms with Gasteiger partial charge in [0, 0.05) is 16.4 Å². The topological polar surface area (TPSA) is 29.1 Å². The summed E-state index contributed by atoms with van der Waals surface area (Å²) in [5.41, 5.74) is 2.08. The Hall–Kier alpha value is -1.68. The van der Waals surface area contributed by atoms with Crippen molar-refractivity contribution in [3.63, 3.8) is 0 Å². The summed E-state index contributed by atoms with van der Waals surface area (Å²) in [5, 5.41) is 3.04. The molecule has 1 aliphatic carbocycles. The van der Waals surface area contributed by atoms with Gasteiger partial charge in [0.2, 0.25) is 5.91 Å². The van der Waals surface area contributed by atoms with Crippen molar-refractivity contribution < 1.29 is 9.18 Å². The molecule has 0 spiro atoms. The van der Waals surface area contributed by atoms with Crippen molar-refractivity contribution in [2.45, 2.75) is 24.8 Å². The van der Waals surface area contributed by atoms with Gasteiger partial charge in [0.05, 0.1) is 6.42 Å². The Bertz CT molecular complexity index is 639. The second kappa shape index (κ2) is 5.98. The number of hydrogen-bond acceptors (Lipinski definition) is 1. The number of rotatable bonds is 4. The Labute approximate surface area is 131 Å². The summed E-state index contributed by atoms with van der Waals surface area (Å²) in [6, 6.07) is 14.5. The lowest BCUT2D eigenvalue weighted by Gasteiger charge is -2.05. The summed E-state index contributed by atoms with van der Waals surface area (Å²) in [4.78, 5) is 12.0. The first kappa shape index (κ1) is 14.3. The predicted molar refractivity (Wildman–Crippen MR) is 83.5 cm³/mol. The lowest BCUT2D eigenvalue weighted by molar-refractivity contribution is -0.120. The number of carbonyl (C=O) groups excluding carboxylic acids is 1. The van der Waals surface area contributed by atoms with E-state index >= 15 is 0 Å². The number of benzene rings is 2. The van der Waals surface area contributed by atoms with Crippen molar-refractivity contribution >= 4 is 21.8 Å². The van der Waals surface area contributed by atoms with Gasteiger partial charge in [0.15, 0.2) is 0 Å². The largest absolute Gasteiger partial charge is 0.352 e. The van der Waals surface area contributed by atoms with Gasteiger partial charge in [-0.15, -0.1) is 0 Å². The van der Waals surface area contributed by atoms with Crippen molar-refractivity contribution in [2.75, 3.05) is 0 Å². The first-order valence-corrected chi connectivity index (χ1v) is 7.70. The Morgan fingerprint density at radius 3 is 2.48 bits per heavy atom. The SMILES string of the molecule is O=C(Cc1ccc(F)cc1)N[C@@H]1C[C@H]1c1ccc(Br)cc1. The minimum absolute atomic E-state index is 0.00813. The zero-order chi connectivity index (χ0) is 14.8. The highest BCUT2D eigenvalue weighted by Crippen LogP contribution is 2.41. The number of carbonyl (C=O) groups is 1. The van der Waals surface area contributed by atoms with Crippen LogP contribution in [-0.4, -0.2) is 11.9 Å². The average molecular weight is 348 g/mol. The Kier molecular flexibility index (Phi) is 4.06. The highest BCUT2D eigenvalue weighted by molar-refractivity contribution is 9.10. The van der Waals surface area contributed by atoms with Crippen molar-refractivity contribution in [3.8, 4) is 0 Å². The summed E-state index contributed by atoms with van der Waals surface area (Å²) in [5.74, 6) is 0.123. The maximum atomic E-state index is 12.8. The second-order valence-electron chi connectivity index (χ2n) is 5.37. The van der Waals surface area contributed by atoms with Crippen molar-refractivity contribution in [1.29, 1.82) is 0 Å². The normalized spacial score (nSPS) is 20.1. The third-order valence-corrected chi connectivity index (χ3v) is 4.24. The molecule has 0 bridgehead atoms. The molecule has 3 rings (SSSR count). The van der Waals surface area contributed by atoms with Crippen molar-refractivity contribution in [1.82, 2.24) is 5.32 Å². The van der Waals surface area contributed by atoms with E-state index in [9.17, 15) is 9.18 Å². The van der Waals surface area contributed by atoms with E-state index in [4.69, 9.17) is 0 Å². The molecule has 0 aliphatic heterocycles. The van der Waals surface area contributed by atoms with Gasteiger partial charge in [-0.1, -0.05) is 40.2 Å². The zero-order valence-corrected chi connectivity index (χ0v) is 12.9. The Balaban J connectivity index is 1.52. The summed E-state index contributed by atoms with van der Waals surface area (Å²) in [6.45, 7) is 0. The zero-order valence-electron chi connectivity index (χ0n) is 11.4. The third kappa shape index (κ3) is 3.70. The molecule has 0 radical (unpaired) electrons. The Morgan fingerprint density at radius 1 is 1.14 bits per heavy atom. The van der Waals surface area contributed by atoms with E-state index in [1.54, 1.807) is 12.1 Å². The van der Waals surface area contributed by atoms with Crippen LogP contribution in [0.4, 0.5) is 4.39 Å². The summed E-state index contributed by atoms with van der Waals surface area (Å²) < 4.78 is 13.9. The van der Waals surface area contributed by atoms with E-state index in [-0.39, 0.29) is 17.8 Å². The van der Waals surface area contributed by atoms with Crippen LogP contribution in [0, 0.1) is 5.82 Å². The molecular weight excluding hydrogens is 333 g/mol. The highest BCUT2D eigenvalue weighted by Gasteiger charge is 2.39. The van der Waals surface area contributed by atoms with Crippen molar-refractivity contribution in [2.24, 2.45) is 0 Å². The number of amides is 1. The summed E-state index contributed by atoms with van der Waals surface area (Å²) in [7, 11) is 0. The first-order valence-electron chi connectivity index (χ1n) is 6.91. The molecule has 2 aromatic carbocycles. The molecule has 0 unspecified atom stereocenters. The maximum absolute atomic E-state index is 12.8. The average Bonchev–Trinajstić information content (AvgIpc) is 3.21. The molecule has 1 amide bonds. The quantitative estimate of drug-likeness (QED) is 0.895. The molecule has 2 nitrogen and oxygen atoms in total. The standard InChI is InChI=1S/C17H15BrFNO/c18-13-5-3-12(4-6-13)15-10-16(15)20-17(21)9-11-1-7-14(19)8-2-11/h1-8,15-16H,9-10H2,(H,20,21)/t15-,16+/m0/s1. The van der Waals surface area contributed by atoms with Gasteiger partial charge in [-0.3, -0.25) is 4.79 Å². The lowest BCUT2D eigenvalue weighted by atomic mass is 10.1. The fourth-order valence-corrected chi connectivity index (χ4v) is 2.74. The smallest absolute Gasteiger partial charge is 0.224 e. The molecular formula is C17H15BrFNO. The van der Waals surface area contributed by atoms with Crippen LogP contribution < -0.4 is 5.32 Å². The van der Waals surface area contributed by atoms with E-state index < -0.39 is 0 Å². The third-order valence-electron chi connectivity index (χ3n) is 3.71. The summed E-state index contributed by atoms with van der Waals surface area (Å²) >= 11 is 3.42. The van der Waals surface area contributed by atoms with Crippen LogP contribution in [0.1, 0.15) is 23.5 Å². The van der Waals surface area contributed by atoms with Crippen LogP contribution in [0.3, 0.4) is 0 Å². The predicted octanol–water partition coefficient (Wildman–Crippen LogP) is 3.80.